The van der Waals surface area contributed by atoms with Crippen LogP contribution in [0.4, 0.5) is 11.8 Å². The van der Waals surface area contributed by atoms with Gasteiger partial charge >= 0.3 is 0 Å². The summed E-state index contributed by atoms with van der Waals surface area (Å²) in [7, 11) is 4.13. The van der Waals surface area contributed by atoms with Crippen LogP contribution in [0.1, 0.15) is 6.42 Å². The van der Waals surface area contributed by atoms with Crippen molar-refractivity contribution in [3.05, 3.63) is 12.3 Å². The fraction of sp³-hybridized carbons (Fsp3) is 0.643. The zero-order valence-electron chi connectivity index (χ0n) is 12.8. The fourth-order valence-corrected chi connectivity index (χ4v) is 2.26. The maximum atomic E-state index is 10.7. The molecule has 7 heteroatoms. The first-order valence-electron chi connectivity index (χ1n) is 7.35. The Bertz CT molecular complexity index is 445. The number of carbonyl (C=O) groups is 1. The van der Waals surface area contributed by atoms with Crippen molar-refractivity contribution in [3.63, 3.8) is 0 Å². The van der Waals surface area contributed by atoms with Gasteiger partial charge in [-0.3, -0.25) is 4.79 Å². The molecule has 1 aromatic heterocycles. The fourth-order valence-electron chi connectivity index (χ4n) is 2.26. The lowest BCUT2D eigenvalue weighted by molar-refractivity contribution is -0.118. The molecule has 1 aliphatic rings. The summed E-state index contributed by atoms with van der Waals surface area (Å²) in [6.07, 6.45) is 3.75. The van der Waals surface area contributed by atoms with Gasteiger partial charge in [0.1, 0.15) is 5.82 Å². The standard InChI is InChI=1S/C14H24N6O/c1-18(2)7-3-5-15-14-16-6-4-13(17-14)20-10-8-19(12-21)9-11-20/h4,6,12H,3,5,7-11H2,1-2H3,(H,15,16,17). The molecule has 1 aromatic rings. The van der Waals surface area contributed by atoms with Crippen molar-refractivity contribution in [1.29, 1.82) is 0 Å². The second-order valence-electron chi connectivity index (χ2n) is 5.45. The Morgan fingerprint density at radius 2 is 2.10 bits per heavy atom. The van der Waals surface area contributed by atoms with E-state index in [1.165, 1.54) is 0 Å². The quantitative estimate of drug-likeness (QED) is 0.569. The Hall–Kier alpha value is -1.89. The molecule has 1 amide bonds. The highest BCUT2D eigenvalue weighted by atomic mass is 16.1. The molecule has 1 fully saturated rings. The van der Waals surface area contributed by atoms with E-state index in [4.69, 9.17) is 0 Å². The van der Waals surface area contributed by atoms with Crippen LogP contribution >= 0.6 is 0 Å². The van der Waals surface area contributed by atoms with Gasteiger partial charge in [-0.25, -0.2) is 4.98 Å². The van der Waals surface area contributed by atoms with Gasteiger partial charge in [0.05, 0.1) is 0 Å². The van der Waals surface area contributed by atoms with Gasteiger partial charge in [0.25, 0.3) is 0 Å². The molecule has 21 heavy (non-hydrogen) atoms. The molecule has 0 bridgehead atoms. The maximum absolute atomic E-state index is 10.7. The van der Waals surface area contributed by atoms with Crippen molar-refractivity contribution in [2.75, 3.05) is 63.6 Å². The molecule has 116 valence electrons. The molecule has 1 saturated heterocycles. The van der Waals surface area contributed by atoms with E-state index >= 15 is 0 Å². The average molecular weight is 292 g/mol. The first-order chi connectivity index (χ1) is 10.2. The summed E-state index contributed by atoms with van der Waals surface area (Å²) in [5, 5.41) is 3.26. The second kappa shape index (κ2) is 7.78. The molecule has 0 spiro atoms. The van der Waals surface area contributed by atoms with Crippen LogP contribution in [-0.2, 0) is 4.79 Å². The first-order valence-corrected chi connectivity index (χ1v) is 7.35. The third kappa shape index (κ3) is 4.86. The summed E-state index contributed by atoms with van der Waals surface area (Å²) in [4.78, 5) is 25.7. The number of amides is 1. The van der Waals surface area contributed by atoms with Crippen LogP contribution in [0.25, 0.3) is 0 Å². The predicted molar refractivity (Wildman–Crippen MR) is 83.5 cm³/mol. The number of nitrogens with zero attached hydrogens (tertiary/aromatic N) is 5. The summed E-state index contributed by atoms with van der Waals surface area (Å²) in [5.41, 5.74) is 0. The molecule has 0 unspecified atom stereocenters. The number of piperazine rings is 1. The number of hydrogen-bond donors (Lipinski definition) is 1. The molecule has 0 aromatic carbocycles. The minimum absolute atomic E-state index is 0.670. The van der Waals surface area contributed by atoms with Crippen LogP contribution in [0.3, 0.4) is 0 Å². The Morgan fingerprint density at radius 3 is 2.76 bits per heavy atom. The van der Waals surface area contributed by atoms with Crippen molar-refractivity contribution < 1.29 is 4.79 Å². The van der Waals surface area contributed by atoms with E-state index in [1.54, 1.807) is 11.1 Å². The molecule has 2 heterocycles. The largest absolute Gasteiger partial charge is 0.354 e. The highest BCUT2D eigenvalue weighted by Crippen LogP contribution is 2.14. The number of aromatic nitrogens is 2. The molecule has 0 atom stereocenters. The molecule has 0 radical (unpaired) electrons. The number of anilines is 2. The van der Waals surface area contributed by atoms with Crippen LogP contribution in [0.2, 0.25) is 0 Å². The SMILES string of the molecule is CN(C)CCCNc1nccc(N2CCN(C=O)CC2)n1. The highest BCUT2D eigenvalue weighted by Gasteiger charge is 2.16. The monoisotopic (exact) mass is 292 g/mol. The smallest absolute Gasteiger partial charge is 0.224 e. The summed E-state index contributed by atoms with van der Waals surface area (Å²) in [6.45, 7) is 5.03. The van der Waals surface area contributed by atoms with Crippen LogP contribution in [0.15, 0.2) is 12.3 Å². The van der Waals surface area contributed by atoms with Crippen molar-refractivity contribution in [1.82, 2.24) is 19.8 Å². The lowest BCUT2D eigenvalue weighted by Crippen LogP contribution is -2.46. The summed E-state index contributed by atoms with van der Waals surface area (Å²) < 4.78 is 0. The normalized spacial score (nSPS) is 15.4. The van der Waals surface area contributed by atoms with Gasteiger partial charge in [-0.05, 0) is 33.1 Å². The van der Waals surface area contributed by atoms with Gasteiger partial charge < -0.3 is 20.0 Å². The van der Waals surface area contributed by atoms with E-state index in [1.807, 2.05) is 6.07 Å². The number of rotatable bonds is 7. The van der Waals surface area contributed by atoms with E-state index in [0.717, 1.165) is 57.9 Å². The summed E-state index contributed by atoms with van der Waals surface area (Å²) in [5.74, 6) is 1.59. The lowest BCUT2D eigenvalue weighted by atomic mass is 10.3. The van der Waals surface area contributed by atoms with Crippen LogP contribution in [0, 0.1) is 0 Å². The molecule has 1 aliphatic heterocycles. The second-order valence-corrected chi connectivity index (χ2v) is 5.45. The molecule has 7 nitrogen and oxygen atoms in total. The molecule has 0 saturated carbocycles. The third-order valence-corrected chi connectivity index (χ3v) is 3.49. The molecule has 1 N–H and O–H groups in total. The molecular weight excluding hydrogens is 268 g/mol. The van der Waals surface area contributed by atoms with Gasteiger partial charge in [-0.1, -0.05) is 0 Å². The number of carbonyl (C=O) groups excluding carboxylic acids is 1. The zero-order chi connectivity index (χ0) is 15.1. The minimum atomic E-state index is 0.670. The van der Waals surface area contributed by atoms with Crippen molar-refractivity contribution in [2.45, 2.75) is 6.42 Å². The van der Waals surface area contributed by atoms with E-state index in [9.17, 15) is 4.79 Å². The average Bonchev–Trinajstić information content (AvgIpc) is 2.52. The van der Waals surface area contributed by atoms with Crippen molar-refractivity contribution in [2.24, 2.45) is 0 Å². The number of hydrogen-bond acceptors (Lipinski definition) is 6. The van der Waals surface area contributed by atoms with Crippen LogP contribution in [-0.4, -0.2) is 79.5 Å². The van der Waals surface area contributed by atoms with Crippen molar-refractivity contribution >= 4 is 18.2 Å². The molecule has 2 rings (SSSR count). The van der Waals surface area contributed by atoms with Crippen LogP contribution < -0.4 is 10.2 Å². The van der Waals surface area contributed by atoms with E-state index < -0.39 is 0 Å². The Morgan fingerprint density at radius 1 is 1.33 bits per heavy atom. The third-order valence-electron chi connectivity index (χ3n) is 3.49. The lowest BCUT2D eigenvalue weighted by Gasteiger charge is -2.33. The highest BCUT2D eigenvalue weighted by molar-refractivity contribution is 5.49. The van der Waals surface area contributed by atoms with Gasteiger partial charge in [-0.2, -0.15) is 4.98 Å². The van der Waals surface area contributed by atoms with Gasteiger partial charge in [0.2, 0.25) is 12.4 Å². The van der Waals surface area contributed by atoms with Gasteiger partial charge in [0.15, 0.2) is 0 Å². The Labute approximate surface area is 126 Å². The van der Waals surface area contributed by atoms with E-state index in [-0.39, 0.29) is 0 Å². The zero-order valence-corrected chi connectivity index (χ0v) is 12.8. The van der Waals surface area contributed by atoms with Crippen LogP contribution in [0.5, 0.6) is 0 Å². The first kappa shape index (κ1) is 15.5. The summed E-state index contributed by atoms with van der Waals surface area (Å²) in [6, 6.07) is 1.92. The maximum Gasteiger partial charge on any atom is 0.224 e. The molecule has 0 aliphatic carbocycles. The Kier molecular flexibility index (Phi) is 5.74. The minimum Gasteiger partial charge on any atom is -0.354 e. The summed E-state index contributed by atoms with van der Waals surface area (Å²) >= 11 is 0. The van der Waals surface area contributed by atoms with Crippen molar-refractivity contribution in [3.8, 4) is 0 Å². The number of nitrogens with one attached hydrogen (secondary N) is 1. The Balaban J connectivity index is 1.84. The van der Waals surface area contributed by atoms with E-state index in [2.05, 4.69) is 39.2 Å². The van der Waals surface area contributed by atoms with Gasteiger partial charge in [-0.15, -0.1) is 0 Å². The van der Waals surface area contributed by atoms with Gasteiger partial charge in [0, 0.05) is 38.9 Å². The predicted octanol–water partition coefficient (Wildman–Crippen LogP) is 0.119. The topological polar surface area (TPSA) is 64.6 Å². The van der Waals surface area contributed by atoms with E-state index in [0.29, 0.717) is 5.95 Å². The molecular formula is C14H24N6O.